The minimum absolute atomic E-state index is 0.106. The van der Waals surface area contributed by atoms with Crippen molar-refractivity contribution in [2.24, 2.45) is 0 Å². The highest BCUT2D eigenvalue weighted by molar-refractivity contribution is 5.60. The van der Waals surface area contributed by atoms with E-state index < -0.39 is 11.6 Å². The molecule has 38 heavy (non-hydrogen) atoms. The second-order valence-corrected chi connectivity index (χ2v) is 9.72. The molecule has 1 aliphatic heterocycles. The molecule has 0 bridgehead atoms. The number of hydrogen-bond acceptors (Lipinski definition) is 7. The molecule has 0 unspecified atom stereocenters. The molecule has 0 atom stereocenters. The minimum atomic E-state index is -4.26. The van der Waals surface area contributed by atoms with Crippen molar-refractivity contribution >= 4 is 5.82 Å². The molecule has 1 saturated carbocycles. The Balaban J connectivity index is 1.21. The van der Waals surface area contributed by atoms with E-state index in [0.717, 1.165) is 37.6 Å². The Morgan fingerprint density at radius 1 is 1.00 bits per heavy atom. The van der Waals surface area contributed by atoms with E-state index in [4.69, 9.17) is 4.52 Å². The number of rotatable bonds is 6. The van der Waals surface area contributed by atoms with E-state index in [-0.39, 0.29) is 35.7 Å². The van der Waals surface area contributed by atoms with Crippen LogP contribution in [0.4, 0.5) is 19.0 Å². The fraction of sp³-hybridized carbons (Fsp3) is 0.333. The number of pyridine rings is 2. The third-order valence-corrected chi connectivity index (χ3v) is 7.25. The van der Waals surface area contributed by atoms with Gasteiger partial charge in [-0.25, -0.2) is 4.98 Å². The van der Waals surface area contributed by atoms with Gasteiger partial charge in [-0.05, 0) is 42.2 Å². The van der Waals surface area contributed by atoms with Crippen molar-refractivity contribution in [3.8, 4) is 22.8 Å². The van der Waals surface area contributed by atoms with Gasteiger partial charge in [0.1, 0.15) is 5.82 Å². The molecule has 1 N–H and O–H groups in total. The minimum Gasteiger partial charge on any atom is -0.354 e. The van der Waals surface area contributed by atoms with Crippen LogP contribution >= 0.6 is 0 Å². The molecule has 11 heteroatoms. The maximum atomic E-state index is 13.4. The van der Waals surface area contributed by atoms with E-state index in [1.807, 2.05) is 12.1 Å². The second kappa shape index (κ2) is 9.39. The Morgan fingerprint density at radius 2 is 1.74 bits per heavy atom. The van der Waals surface area contributed by atoms with Crippen molar-refractivity contribution in [2.45, 2.75) is 31.0 Å². The van der Waals surface area contributed by atoms with E-state index in [1.54, 1.807) is 35.2 Å². The Labute approximate surface area is 216 Å². The molecular weight excluding hydrogens is 497 g/mol. The monoisotopic (exact) mass is 522 g/mol. The zero-order chi connectivity index (χ0) is 26.3. The molecule has 0 spiro atoms. The first-order valence-corrected chi connectivity index (χ1v) is 12.5. The van der Waals surface area contributed by atoms with Gasteiger partial charge in [0.25, 0.3) is 11.4 Å². The van der Waals surface area contributed by atoms with Gasteiger partial charge in [-0.1, -0.05) is 29.4 Å². The fourth-order valence-electron chi connectivity index (χ4n) is 4.86. The summed E-state index contributed by atoms with van der Waals surface area (Å²) >= 11 is 0. The Kier molecular flexibility index (Phi) is 6.02. The van der Waals surface area contributed by atoms with Crippen LogP contribution in [0.3, 0.4) is 0 Å². The van der Waals surface area contributed by atoms with Crippen molar-refractivity contribution in [1.82, 2.24) is 25.0 Å². The number of benzene rings is 1. The van der Waals surface area contributed by atoms with Gasteiger partial charge in [0.2, 0.25) is 5.82 Å². The van der Waals surface area contributed by atoms with Gasteiger partial charge in [0.05, 0.1) is 17.5 Å². The van der Waals surface area contributed by atoms with Gasteiger partial charge in [0, 0.05) is 50.2 Å². The number of hydrogen-bond donors (Lipinski definition) is 1. The van der Waals surface area contributed by atoms with E-state index in [0.29, 0.717) is 17.7 Å². The van der Waals surface area contributed by atoms with Crippen LogP contribution in [-0.4, -0.2) is 52.0 Å². The summed E-state index contributed by atoms with van der Waals surface area (Å²) in [5.41, 5.74) is 0.385. The number of nitrogens with zero attached hydrogens (tertiary/aromatic N) is 5. The van der Waals surface area contributed by atoms with Crippen molar-refractivity contribution < 1.29 is 17.7 Å². The van der Waals surface area contributed by atoms with Crippen molar-refractivity contribution in [3.05, 3.63) is 82.4 Å². The molecule has 196 valence electrons. The second-order valence-electron chi connectivity index (χ2n) is 9.72. The lowest BCUT2D eigenvalue weighted by Crippen LogP contribution is -2.43. The molecule has 2 aliphatic rings. The molecule has 8 nitrogen and oxygen atoms in total. The SMILES string of the molecule is O=c1ccc(-c2nc(-c3ccc(C4(C(F)(F)F)CC4)cc3)no2)cn1Cc1ccnc(N2CCNCC2)c1. The van der Waals surface area contributed by atoms with Crippen molar-refractivity contribution in [2.75, 3.05) is 31.1 Å². The van der Waals surface area contributed by atoms with Crippen LogP contribution in [0, 0.1) is 0 Å². The average Bonchev–Trinajstić information content (AvgIpc) is 3.62. The van der Waals surface area contributed by atoms with Crippen LogP contribution in [0.15, 0.2) is 70.2 Å². The van der Waals surface area contributed by atoms with Crippen molar-refractivity contribution in [1.29, 1.82) is 0 Å². The van der Waals surface area contributed by atoms with Crippen LogP contribution in [0.25, 0.3) is 22.8 Å². The Morgan fingerprint density at radius 3 is 2.45 bits per heavy atom. The number of nitrogens with one attached hydrogen (secondary N) is 1. The number of alkyl halides is 3. The molecule has 1 aromatic carbocycles. The summed E-state index contributed by atoms with van der Waals surface area (Å²) in [4.78, 5) is 23.7. The smallest absolute Gasteiger partial charge is 0.354 e. The van der Waals surface area contributed by atoms with Crippen LogP contribution in [0.1, 0.15) is 24.0 Å². The summed E-state index contributed by atoms with van der Waals surface area (Å²) in [6.45, 7) is 3.89. The Hall–Kier alpha value is -3.99. The highest BCUT2D eigenvalue weighted by atomic mass is 19.4. The van der Waals surface area contributed by atoms with Crippen LogP contribution in [0.5, 0.6) is 0 Å². The molecule has 6 rings (SSSR count). The summed E-state index contributed by atoms with van der Waals surface area (Å²) in [5, 5.41) is 7.32. The Bertz CT molecular complexity index is 1500. The number of anilines is 1. The van der Waals surface area contributed by atoms with Crippen LogP contribution in [0.2, 0.25) is 0 Å². The molecule has 1 aliphatic carbocycles. The molecule has 3 aromatic heterocycles. The standard InChI is InChI=1S/C27H25F3N6O2/c28-27(29,30)26(8-9-26)21-4-1-19(2-5-21)24-33-25(38-34-24)20-3-6-23(37)36(17-20)16-18-7-10-32-22(15-18)35-13-11-31-12-14-35/h1-7,10,15,17,31H,8-9,11-14,16H2. The van der Waals surface area contributed by atoms with Gasteiger partial charge in [-0.15, -0.1) is 0 Å². The predicted octanol–water partition coefficient (Wildman–Crippen LogP) is 4.01. The molecule has 4 aromatic rings. The first kappa shape index (κ1) is 24.4. The van der Waals surface area contributed by atoms with Gasteiger partial charge < -0.3 is 19.3 Å². The van der Waals surface area contributed by atoms with Gasteiger partial charge in [0.15, 0.2) is 0 Å². The topological polar surface area (TPSA) is 89.1 Å². The highest BCUT2D eigenvalue weighted by Gasteiger charge is 2.64. The molecule has 2 fully saturated rings. The summed E-state index contributed by atoms with van der Waals surface area (Å²) in [6.07, 6.45) is -0.645. The van der Waals surface area contributed by atoms with E-state index in [2.05, 4.69) is 25.3 Å². The number of aromatic nitrogens is 4. The number of piperazine rings is 1. The van der Waals surface area contributed by atoms with E-state index in [9.17, 15) is 18.0 Å². The largest absolute Gasteiger partial charge is 0.398 e. The lowest BCUT2D eigenvalue weighted by atomic mass is 9.94. The summed E-state index contributed by atoms with van der Waals surface area (Å²) in [5.74, 6) is 1.35. The summed E-state index contributed by atoms with van der Waals surface area (Å²) in [7, 11) is 0. The quantitative estimate of drug-likeness (QED) is 0.409. The first-order chi connectivity index (χ1) is 18.3. The zero-order valence-corrected chi connectivity index (χ0v) is 20.4. The molecule has 1 saturated heterocycles. The predicted molar refractivity (Wildman–Crippen MR) is 135 cm³/mol. The van der Waals surface area contributed by atoms with Crippen LogP contribution < -0.4 is 15.8 Å². The average molecular weight is 523 g/mol. The lowest BCUT2D eigenvalue weighted by Gasteiger charge is -2.28. The molecule has 0 amide bonds. The molecule has 4 heterocycles. The lowest BCUT2D eigenvalue weighted by molar-refractivity contribution is -0.160. The van der Waals surface area contributed by atoms with Gasteiger partial charge >= 0.3 is 6.18 Å². The maximum Gasteiger partial charge on any atom is 0.398 e. The third kappa shape index (κ3) is 4.58. The van der Waals surface area contributed by atoms with Gasteiger partial charge in [-0.3, -0.25) is 4.79 Å². The molecular formula is C27H25F3N6O2. The van der Waals surface area contributed by atoms with Crippen LogP contribution in [-0.2, 0) is 12.0 Å². The first-order valence-electron chi connectivity index (χ1n) is 12.5. The maximum absolute atomic E-state index is 13.4. The zero-order valence-electron chi connectivity index (χ0n) is 20.4. The summed E-state index contributed by atoms with van der Waals surface area (Å²) < 4.78 is 47.3. The normalized spacial score (nSPS) is 17.0. The van der Waals surface area contributed by atoms with Crippen molar-refractivity contribution in [3.63, 3.8) is 0 Å². The van der Waals surface area contributed by atoms with E-state index >= 15 is 0 Å². The van der Waals surface area contributed by atoms with Gasteiger partial charge in [-0.2, -0.15) is 18.2 Å². The van der Waals surface area contributed by atoms with E-state index in [1.165, 1.54) is 18.2 Å². The third-order valence-electron chi connectivity index (χ3n) is 7.25. The number of halogens is 3. The summed E-state index contributed by atoms with van der Waals surface area (Å²) in [6, 6.07) is 13.0. The highest BCUT2D eigenvalue weighted by Crippen LogP contribution is 2.58. The molecule has 0 radical (unpaired) electrons. The fourth-order valence-corrected chi connectivity index (χ4v) is 4.86.